The van der Waals surface area contributed by atoms with E-state index in [9.17, 15) is 22.0 Å². The number of hydrogen-bond acceptors (Lipinski definition) is 1. The standard InChI is InChI=1S/C8H5F5IN/c1-3-4(14)2-5(7(9)10)15-6(3)8(11,12)13/h2,7H,1H3. The van der Waals surface area contributed by atoms with Crippen molar-refractivity contribution in [3.05, 3.63) is 26.6 Å². The van der Waals surface area contributed by atoms with Crippen molar-refractivity contribution in [2.75, 3.05) is 0 Å². The molecular weight excluding hydrogens is 332 g/mol. The van der Waals surface area contributed by atoms with Crippen molar-refractivity contribution in [1.29, 1.82) is 0 Å². The van der Waals surface area contributed by atoms with E-state index < -0.39 is 24.0 Å². The van der Waals surface area contributed by atoms with Gasteiger partial charge in [0.05, 0.1) is 0 Å². The lowest BCUT2D eigenvalue weighted by Crippen LogP contribution is -2.13. The van der Waals surface area contributed by atoms with Gasteiger partial charge in [0.1, 0.15) is 11.4 Å². The van der Waals surface area contributed by atoms with Crippen molar-refractivity contribution in [3.8, 4) is 0 Å². The summed E-state index contributed by atoms with van der Waals surface area (Å²) in [6.45, 7) is 1.20. The van der Waals surface area contributed by atoms with Crippen LogP contribution in [0.5, 0.6) is 0 Å². The summed E-state index contributed by atoms with van der Waals surface area (Å²) >= 11 is 1.58. The van der Waals surface area contributed by atoms with Gasteiger partial charge in [-0.3, -0.25) is 0 Å². The van der Waals surface area contributed by atoms with Crippen molar-refractivity contribution in [3.63, 3.8) is 0 Å². The molecule has 0 aromatic carbocycles. The second-order valence-electron chi connectivity index (χ2n) is 2.80. The number of nitrogens with zero attached hydrogens (tertiary/aromatic N) is 1. The summed E-state index contributed by atoms with van der Waals surface area (Å²) in [5.74, 6) is 0. The molecule has 0 saturated heterocycles. The van der Waals surface area contributed by atoms with Crippen LogP contribution in [0.1, 0.15) is 23.4 Å². The number of halogens is 6. The summed E-state index contributed by atoms with van der Waals surface area (Å²) in [6.07, 6.45) is -7.70. The second-order valence-corrected chi connectivity index (χ2v) is 3.96. The topological polar surface area (TPSA) is 12.9 Å². The summed E-state index contributed by atoms with van der Waals surface area (Å²) < 4.78 is 61.6. The Kier molecular flexibility index (Phi) is 3.51. The summed E-state index contributed by atoms with van der Waals surface area (Å²) in [5.41, 5.74) is -2.23. The molecule has 0 radical (unpaired) electrons. The smallest absolute Gasteiger partial charge is 0.242 e. The Morgan fingerprint density at radius 3 is 2.27 bits per heavy atom. The van der Waals surface area contributed by atoms with Crippen LogP contribution >= 0.6 is 22.6 Å². The number of hydrogen-bond donors (Lipinski definition) is 0. The highest BCUT2D eigenvalue weighted by Crippen LogP contribution is 2.33. The average Bonchev–Trinajstić information content (AvgIpc) is 2.06. The van der Waals surface area contributed by atoms with Gasteiger partial charge in [0.2, 0.25) is 0 Å². The van der Waals surface area contributed by atoms with E-state index in [1.807, 2.05) is 0 Å². The van der Waals surface area contributed by atoms with Crippen molar-refractivity contribution < 1.29 is 22.0 Å². The molecule has 0 unspecified atom stereocenters. The molecule has 0 amide bonds. The molecule has 0 bridgehead atoms. The molecule has 1 aromatic heterocycles. The zero-order valence-electron chi connectivity index (χ0n) is 7.37. The lowest BCUT2D eigenvalue weighted by molar-refractivity contribution is -0.142. The molecule has 0 aliphatic rings. The first kappa shape index (κ1) is 12.6. The molecule has 0 fully saturated rings. The van der Waals surface area contributed by atoms with Gasteiger partial charge in [-0.1, -0.05) is 0 Å². The Balaban J connectivity index is 3.38. The number of pyridine rings is 1. The van der Waals surface area contributed by atoms with Crippen LogP contribution in [-0.4, -0.2) is 4.98 Å². The van der Waals surface area contributed by atoms with E-state index in [4.69, 9.17) is 0 Å². The minimum absolute atomic E-state index is 0.130. The summed E-state index contributed by atoms with van der Waals surface area (Å²) in [7, 11) is 0. The Bertz CT molecular complexity index is 374. The van der Waals surface area contributed by atoms with Gasteiger partial charge < -0.3 is 0 Å². The highest BCUT2D eigenvalue weighted by atomic mass is 127. The maximum absolute atomic E-state index is 12.4. The van der Waals surface area contributed by atoms with E-state index in [2.05, 4.69) is 4.98 Å². The monoisotopic (exact) mass is 337 g/mol. The minimum atomic E-state index is -4.70. The van der Waals surface area contributed by atoms with Gasteiger partial charge in [-0.15, -0.1) is 0 Å². The van der Waals surface area contributed by atoms with Crippen LogP contribution in [-0.2, 0) is 6.18 Å². The van der Waals surface area contributed by atoms with Crippen molar-refractivity contribution in [2.24, 2.45) is 0 Å². The maximum atomic E-state index is 12.4. The first-order valence-corrected chi connectivity index (χ1v) is 4.83. The fourth-order valence-electron chi connectivity index (χ4n) is 0.984. The molecule has 1 nitrogen and oxygen atoms in total. The molecule has 1 rings (SSSR count). The predicted octanol–water partition coefficient (Wildman–Crippen LogP) is 3.95. The number of rotatable bonds is 1. The summed E-state index contributed by atoms with van der Waals surface area (Å²) in [4.78, 5) is 2.92. The van der Waals surface area contributed by atoms with Gasteiger partial charge >= 0.3 is 6.18 Å². The van der Waals surface area contributed by atoms with Crippen LogP contribution < -0.4 is 0 Å². The Morgan fingerprint density at radius 1 is 1.33 bits per heavy atom. The van der Waals surface area contributed by atoms with Crippen LogP contribution in [0.2, 0.25) is 0 Å². The van der Waals surface area contributed by atoms with Gasteiger partial charge in [-0.25, -0.2) is 13.8 Å². The first-order valence-electron chi connectivity index (χ1n) is 3.76. The van der Waals surface area contributed by atoms with Crippen LogP contribution in [0.15, 0.2) is 6.07 Å². The van der Waals surface area contributed by atoms with Gasteiger partial charge in [-0.05, 0) is 41.1 Å². The fraction of sp³-hybridized carbons (Fsp3) is 0.375. The van der Waals surface area contributed by atoms with Crippen molar-refractivity contribution >= 4 is 22.6 Å². The van der Waals surface area contributed by atoms with E-state index in [0.717, 1.165) is 6.07 Å². The SMILES string of the molecule is Cc1c(I)cc(C(F)F)nc1C(F)(F)F. The van der Waals surface area contributed by atoms with Gasteiger partial charge in [0.25, 0.3) is 6.43 Å². The highest BCUT2D eigenvalue weighted by molar-refractivity contribution is 14.1. The summed E-state index contributed by atoms with van der Waals surface area (Å²) in [5, 5.41) is 0. The predicted molar refractivity (Wildman–Crippen MR) is 51.6 cm³/mol. The van der Waals surface area contributed by atoms with Gasteiger partial charge in [0, 0.05) is 3.57 Å². The summed E-state index contributed by atoms with van der Waals surface area (Å²) in [6, 6.07) is 0.954. The van der Waals surface area contributed by atoms with Crippen molar-refractivity contribution in [1.82, 2.24) is 4.98 Å². The van der Waals surface area contributed by atoms with Crippen LogP contribution in [0.25, 0.3) is 0 Å². The molecule has 0 aliphatic heterocycles. The minimum Gasteiger partial charge on any atom is -0.242 e. The molecule has 0 atom stereocenters. The van der Waals surface area contributed by atoms with E-state index in [0.29, 0.717) is 0 Å². The van der Waals surface area contributed by atoms with Crippen LogP contribution in [0.4, 0.5) is 22.0 Å². The van der Waals surface area contributed by atoms with E-state index in [1.165, 1.54) is 6.92 Å². The molecule has 84 valence electrons. The van der Waals surface area contributed by atoms with Crippen LogP contribution in [0.3, 0.4) is 0 Å². The number of aromatic nitrogens is 1. The lowest BCUT2D eigenvalue weighted by atomic mass is 10.2. The molecule has 7 heteroatoms. The lowest BCUT2D eigenvalue weighted by Gasteiger charge is -2.12. The second kappa shape index (κ2) is 4.18. The Morgan fingerprint density at radius 2 is 1.87 bits per heavy atom. The normalized spacial score (nSPS) is 12.3. The third-order valence-electron chi connectivity index (χ3n) is 1.72. The molecular formula is C8H5F5IN. The molecule has 0 spiro atoms. The molecule has 1 aromatic rings. The van der Waals surface area contributed by atoms with Gasteiger partial charge in [-0.2, -0.15) is 13.2 Å². The first-order chi connectivity index (χ1) is 6.73. The third kappa shape index (κ3) is 2.76. The molecule has 15 heavy (non-hydrogen) atoms. The largest absolute Gasteiger partial charge is 0.433 e. The van der Waals surface area contributed by atoms with Gasteiger partial charge in [0.15, 0.2) is 0 Å². The third-order valence-corrected chi connectivity index (χ3v) is 2.84. The van der Waals surface area contributed by atoms with E-state index in [1.54, 1.807) is 22.6 Å². The zero-order chi connectivity index (χ0) is 11.8. The molecule has 1 heterocycles. The number of alkyl halides is 5. The fourth-order valence-corrected chi connectivity index (χ4v) is 1.56. The van der Waals surface area contributed by atoms with Crippen molar-refractivity contribution in [2.45, 2.75) is 19.5 Å². The Labute approximate surface area is 95.8 Å². The molecule has 0 aliphatic carbocycles. The van der Waals surface area contributed by atoms with Crippen LogP contribution in [0, 0.1) is 10.5 Å². The molecule has 0 saturated carbocycles. The molecule has 0 N–H and O–H groups in total. The van der Waals surface area contributed by atoms with E-state index >= 15 is 0 Å². The van der Waals surface area contributed by atoms with E-state index in [-0.39, 0.29) is 9.13 Å². The zero-order valence-corrected chi connectivity index (χ0v) is 9.53. The highest BCUT2D eigenvalue weighted by Gasteiger charge is 2.36. The quantitative estimate of drug-likeness (QED) is 0.559. The average molecular weight is 337 g/mol. The Hall–Kier alpha value is -0.470. The maximum Gasteiger partial charge on any atom is 0.433 e.